The molecule has 0 aliphatic carbocycles. The van der Waals surface area contributed by atoms with Gasteiger partial charge in [0.25, 0.3) is 0 Å². The zero-order valence-electron chi connectivity index (χ0n) is 16.0. The van der Waals surface area contributed by atoms with E-state index in [1.807, 2.05) is 18.4 Å². The summed E-state index contributed by atoms with van der Waals surface area (Å²) in [6.45, 7) is 5.05. The molecule has 2 aliphatic rings. The first-order valence-electron chi connectivity index (χ1n) is 9.40. The predicted octanol–water partition coefficient (Wildman–Crippen LogP) is 3.39. The number of ether oxygens (including phenoxy) is 1. The van der Waals surface area contributed by atoms with Gasteiger partial charge in [-0.05, 0) is 18.2 Å². The molecule has 2 aliphatic heterocycles. The molecule has 1 N–H and O–H groups in total. The minimum absolute atomic E-state index is 0.149. The van der Waals surface area contributed by atoms with Crippen LogP contribution in [-0.4, -0.2) is 65.4 Å². The maximum absolute atomic E-state index is 13.3. The first-order valence-corrected chi connectivity index (χ1v) is 9.40. The lowest BCUT2D eigenvalue weighted by molar-refractivity contribution is -0.192. The van der Waals surface area contributed by atoms with Crippen LogP contribution in [0.2, 0.25) is 0 Å². The smallest absolute Gasteiger partial charge is 0.489 e. The number of nitrogens with zero attached hydrogens (tertiary/aromatic N) is 2. The van der Waals surface area contributed by atoms with E-state index in [0.717, 1.165) is 39.1 Å². The van der Waals surface area contributed by atoms with Crippen LogP contribution in [-0.2, 0) is 11.3 Å². The van der Waals surface area contributed by atoms with Gasteiger partial charge in [-0.3, -0.25) is 9.80 Å². The van der Waals surface area contributed by atoms with E-state index in [-0.39, 0.29) is 11.9 Å². The number of benzene rings is 1. The van der Waals surface area contributed by atoms with Gasteiger partial charge in [0.05, 0.1) is 12.5 Å². The lowest BCUT2D eigenvalue weighted by Crippen LogP contribution is -2.49. The molecule has 1 aromatic heterocycles. The molecule has 0 saturated carbocycles. The molecule has 2 fully saturated rings. The van der Waals surface area contributed by atoms with E-state index in [1.54, 1.807) is 12.3 Å². The molecule has 1 aromatic carbocycles. The van der Waals surface area contributed by atoms with Crippen LogP contribution < -0.4 is 4.74 Å². The van der Waals surface area contributed by atoms with E-state index in [0.29, 0.717) is 11.8 Å². The molecule has 2 unspecified atom stereocenters. The van der Waals surface area contributed by atoms with Gasteiger partial charge in [0.1, 0.15) is 17.7 Å². The van der Waals surface area contributed by atoms with Crippen molar-refractivity contribution in [3.8, 4) is 5.75 Å². The minimum Gasteiger partial charge on any atom is -0.489 e. The summed E-state index contributed by atoms with van der Waals surface area (Å²) in [5.74, 6) is -2.37. The number of carbonyl (C=O) groups is 1. The number of carboxylic acid groups (broad SMARTS) is 1. The summed E-state index contributed by atoms with van der Waals surface area (Å²) in [4.78, 5) is 13.9. The number of alkyl halides is 3. The Balaban J connectivity index is 0.000000318. The summed E-state index contributed by atoms with van der Waals surface area (Å²) in [6, 6.07) is 8.97. The average Bonchev–Trinajstić information content (AvgIpc) is 3.30. The first-order chi connectivity index (χ1) is 14.2. The number of hydrogen-bond donors (Lipinski definition) is 1. The third-order valence-electron chi connectivity index (χ3n) is 4.99. The Morgan fingerprint density at radius 1 is 1.23 bits per heavy atom. The molecule has 4 rings (SSSR count). The van der Waals surface area contributed by atoms with Crippen molar-refractivity contribution >= 4 is 5.97 Å². The van der Waals surface area contributed by atoms with Gasteiger partial charge in [-0.1, -0.05) is 6.07 Å². The largest absolute Gasteiger partial charge is 0.490 e. The highest BCUT2D eigenvalue weighted by atomic mass is 19.4. The van der Waals surface area contributed by atoms with Crippen molar-refractivity contribution in [2.24, 2.45) is 0 Å². The quantitative estimate of drug-likeness (QED) is 0.751. The Hall–Kier alpha value is -2.59. The zero-order valence-corrected chi connectivity index (χ0v) is 16.0. The summed E-state index contributed by atoms with van der Waals surface area (Å²) in [7, 11) is 0. The molecule has 6 nitrogen and oxygen atoms in total. The van der Waals surface area contributed by atoms with Crippen molar-refractivity contribution in [2.45, 2.75) is 31.3 Å². The summed E-state index contributed by atoms with van der Waals surface area (Å²) in [5.41, 5.74) is 1.23. The van der Waals surface area contributed by atoms with Crippen LogP contribution in [0.15, 0.2) is 47.3 Å². The van der Waals surface area contributed by atoms with E-state index in [1.165, 1.54) is 17.7 Å². The normalized spacial score (nSPS) is 22.1. The van der Waals surface area contributed by atoms with Crippen molar-refractivity contribution in [2.75, 3.05) is 26.2 Å². The summed E-state index contributed by atoms with van der Waals surface area (Å²) in [5, 5.41) is 7.12. The molecule has 2 aromatic rings. The number of aliphatic carboxylic acids is 1. The monoisotopic (exact) mass is 430 g/mol. The van der Waals surface area contributed by atoms with E-state index >= 15 is 0 Å². The minimum atomic E-state index is -5.08. The van der Waals surface area contributed by atoms with Crippen LogP contribution in [0, 0.1) is 5.82 Å². The number of rotatable bonds is 4. The fourth-order valence-electron chi connectivity index (χ4n) is 3.66. The van der Waals surface area contributed by atoms with Crippen molar-refractivity contribution in [3.63, 3.8) is 0 Å². The second-order valence-electron chi connectivity index (χ2n) is 7.25. The molecule has 30 heavy (non-hydrogen) atoms. The maximum Gasteiger partial charge on any atom is 0.490 e. The Morgan fingerprint density at radius 2 is 2.00 bits per heavy atom. The number of halogens is 4. The van der Waals surface area contributed by atoms with Crippen LogP contribution in [0.25, 0.3) is 0 Å². The van der Waals surface area contributed by atoms with Crippen LogP contribution in [0.1, 0.15) is 12.0 Å². The molecule has 2 atom stereocenters. The fraction of sp³-hybridized carbons (Fsp3) is 0.450. The van der Waals surface area contributed by atoms with Crippen molar-refractivity contribution in [1.82, 2.24) is 9.80 Å². The van der Waals surface area contributed by atoms with E-state index in [2.05, 4.69) is 9.80 Å². The van der Waals surface area contributed by atoms with Gasteiger partial charge in [-0.25, -0.2) is 9.18 Å². The highest BCUT2D eigenvalue weighted by molar-refractivity contribution is 5.73. The molecule has 0 bridgehead atoms. The second kappa shape index (κ2) is 9.48. The lowest BCUT2D eigenvalue weighted by Gasteiger charge is -2.36. The van der Waals surface area contributed by atoms with Gasteiger partial charge in [-0.2, -0.15) is 13.2 Å². The third kappa shape index (κ3) is 6.20. The van der Waals surface area contributed by atoms with Gasteiger partial charge in [-0.15, -0.1) is 0 Å². The number of carboxylic acids is 1. The highest BCUT2D eigenvalue weighted by Crippen LogP contribution is 2.26. The lowest BCUT2D eigenvalue weighted by atomic mass is 10.1. The van der Waals surface area contributed by atoms with E-state index in [9.17, 15) is 17.6 Å². The summed E-state index contributed by atoms with van der Waals surface area (Å²) < 4.78 is 56.1. The van der Waals surface area contributed by atoms with Crippen molar-refractivity contribution in [3.05, 3.63) is 54.2 Å². The Labute approximate surface area is 170 Å². The average molecular weight is 430 g/mol. The first kappa shape index (κ1) is 22.1. The molecule has 3 heterocycles. The van der Waals surface area contributed by atoms with E-state index in [4.69, 9.17) is 19.1 Å². The fourth-order valence-corrected chi connectivity index (χ4v) is 3.66. The molecule has 2 saturated heterocycles. The van der Waals surface area contributed by atoms with Gasteiger partial charge in [0.15, 0.2) is 0 Å². The number of fused-ring (bicyclic) bond motifs is 1. The highest BCUT2D eigenvalue weighted by Gasteiger charge is 2.38. The van der Waals surface area contributed by atoms with Crippen molar-refractivity contribution in [1.29, 1.82) is 0 Å². The third-order valence-corrected chi connectivity index (χ3v) is 4.99. The Kier molecular flexibility index (Phi) is 6.99. The number of hydrogen-bond acceptors (Lipinski definition) is 5. The molecular formula is C20H22F4N2O4. The maximum atomic E-state index is 13.3. The van der Waals surface area contributed by atoms with Crippen LogP contribution >= 0.6 is 0 Å². The van der Waals surface area contributed by atoms with Crippen LogP contribution in [0.5, 0.6) is 5.75 Å². The van der Waals surface area contributed by atoms with Gasteiger partial charge in [0.2, 0.25) is 0 Å². The van der Waals surface area contributed by atoms with E-state index < -0.39 is 12.1 Å². The van der Waals surface area contributed by atoms with Gasteiger partial charge < -0.3 is 14.3 Å². The molecular weight excluding hydrogens is 408 g/mol. The molecule has 0 amide bonds. The molecule has 0 spiro atoms. The van der Waals surface area contributed by atoms with Crippen molar-refractivity contribution < 1.29 is 36.6 Å². The SMILES string of the molecule is Fc1cccc(OC2CC3CN(Cc4ccoc4)CCN3C2)c1.O=C(O)C(F)(F)F. The number of furan rings is 1. The zero-order chi connectivity index (χ0) is 21.7. The topological polar surface area (TPSA) is 66.2 Å². The summed E-state index contributed by atoms with van der Waals surface area (Å²) >= 11 is 0. The predicted molar refractivity (Wildman–Crippen MR) is 98.5 cm³/mol. The van der Waals surface area contributed by atoms with Crippen LogP contribution in [0.4, 0.5) is 17.6 Å². The standard InChI is InChI=1S/C18H21FN2O2.C2HF3O2/c19-15-2-1-3-17(8-15)23-18-9-16-11-20(5-6-21(16)12-18)10-14-4-7-22-13-14;3-2(4,5)1(6)7/h1-4,7-8,13,16,18H,5-6,9-12H2;(H,6,7). The van der Waals surface area contributed by atoms with Crippen LogP contribution in [0.3, 0.4) is 0 Å². The number of piperazine rings is 1. The second-order valence-corrected chi connectivity index (χ2v) is 7.25. The molecule has 0 radical (unpaired) electrons. The van der Waals surface area contributed by atoms with Gasteiger partial charge >= 0.3 is 12.1 Å². The summed E-state index contributed by atoms with van der Waals surface area (Å²) in [6.07, 6.45) is -0.394. The Bertz CT molecular complexity index is 828. The van der Waals surface area contributed by atoms with Gasteiger partial charge in [0, 0.05) is 56.8 Å². The molecule has 164 valence electrons. The molecule has 10 heteroatoms. The Morgan fingerprint density at radius 3 is 2.63 bits per heavy atom.